The van der Waals surface area contributed by atoms with E-state index in [1.54, 1.807) is 12.3 Å². The predicted molar refractivity (Wildman–Crippen MR) is 59.9 cm³/mol. The lowest BCUT2D eigenvalue weighted by Gasteiger charge is -2.21. The van der Waals surface area contributed by atoms with Gasteiger partial charge in [0.15, 0.2) is 11.1 Å². The zero-order chi connectivity index (χ0) is 11.5. The molecule has 0 aliphatic heterocycles. The molecule has 1 rings (SSSR count). The molecule has 15 heavy (non-hydrogen) atoms. The summed E-state index contributed by atoms with van der Waals surface area (Å²) in [7, 11) is 0. The van der Waals surface area contributed by atoms with Gasteiger partial charge in [-0.05, 0) is 26.8 Å². The van der Waals surface area contributed by atoms with Crippen LogP contribution in [0, 0.1) is 0 Å². The molecule has 2 N–H and O–H groups in total. The summed E-state index contributed by atoms with van der Waals surface area (Å²) in [5, 5.41) is 3.16. The molecule has 1 heterocycles. The molecular weight excluding hydrogens is 214 g/mol. The molecule has 0 aromatic carbocycles. The van der Waals surface area contributed by atoms with Crippen LogP contribution in [-0.4, -0.2) is 24.3 Å². The topological polar surface area (TPSA) is 75.1 Å². The third-order valence-electron chi connectivity index (χ3n) is 1.46. The van der Waals surface area contributed by atoms with Crippen molar-refractivity contribution in [1.29, 1.82) is 0 Å². The molecule has 0 saturated heterocycles. The minimum absolute atomic E-state index is 0.0420. The molecule has 1 aromatic heterocycles. The molecule has 5 nitrogen and oxygen atoms in total. The number of nitrogens with one attached hydrogen (secondary N) is 1. The average molecular weight is 229 g/mol. The Kier molecular flexibility index (Phi) is 3.76. The van der Waals surface area contributed by atoms with Crippen LogP contribution in [0.2, 0.25) is 0 Å². The molecule has 6 heteroatoms. The maximum absolute atomic E-state index is 10.6. The van der Waals surface area contributed by atoms with E-state index >= 15 is 0 Å². The van der Waals surface area contributed by atoms with E-state index in [0.717, 1.165) is 0 Å². The third kappa shape index (κ3) is 4.85. The van der Waals surface area contributed by atoms with Gasteiger partial charge in [0, 0.05) is 11.7 Å². The van der Waals surface area contributed by atoms with Gasteiger partial charge in [0.2, 0.25) is 0 Å². The fraction of sp³-hybridized carbons (Fsp3) is 0.556. The second-order valence-electron chi connectivity index (χ2n) is 4.20. The summed E-state index contributed by atoms with van der Waals surface area (Å²) in [5.41, 5.74) is -0.0933. The highest BCUT2D eigenvalue weighted by Crippen LogP contribution is 2.11. The first kappa shape index (κ1) is 12.1. The Morgan fingerprint density at radius 3 is 2.73 bits per heavy atom. The van der Waals surface area contributed by atoms with Crippen LogP contribution in [0.1, 0.15) is 26.6 Å². The van der Waals surface area contributed by atoms with Gasteiger partial charge < -0.3 is 9.87 Å². The van der Waals surface area contributed by atoms with Crippen LogP contribution in [0.3, 0.4) is 0 Å². The van der Waals surface area contributed by atoms with Crippen molar-refractivity contribution in [2.75, 3.05) is 5.32 Å². The summed E-state index contributed by atoms with van der Waals surface area (Å²) in [5.74, 6) is 0.989. The summed E-state index contributed by atoms with van der Waals surface area (Å²) >= 11 is -1.90. The second kappa shape index (κ2) is 4.67. The van der Waals surface area contributed by atoms with Gasteiger partial charge in [-0.25, -0.2) is 14.2 Å². The zero-order valence-electron chi connectivity index (χ0n) is 9.02. The highest BCUT2D eigenvalue weighted by molar-refractivity contribution is 7.78. The van der Waals surface area contributed by atoms with Crippen LogP contribution >= 0.6 is 0 Å². The van der Waals surface area contributed by atoms with Crippen molar-refractivity contribution in [3.05, 3.63) is 18.1 Å². The molecule has 0 amide bonds. The Morgan fingerprint density at radius 2 is 2.20 bits per heavy atom. The minimum Gasteiger partial charge on any atom is -0.365 e. The molecular formula is C9H15N3O2S. The summed E-state index contributed by atoms with van der Waals surface area (Å²) in [6.45, 7) is 6.04. The molecule has 0 aliphatic rings. The number of hydrogen-bond donors (Lipinski definition) is 2. The third-order valence-corrected chi connectivity index (χ3v) is 1.97. The summed E-state index contributed by atoms with van der Waals surface area (Å²) in [6.07, 6.45) is 1.57. The Labute approximate surface area is 91.6 Å². The van der Waals surface area contributed by atoms with Crippen LogP contribution in [0.5, 0.6) is 0 Å². The van der Waals surface area contributed by atoms with E-state index in [1.165, 1.54) is 0 Å². The first-order valence-corrected chi connectivity index (χ1v) is 5.82. The van der Waals surface area contributed by atoms with Crippen LogP contribution in [0.15, 0.2) is 12.3 Å². The van der Waals surface area contributed by atoms with Gasteiger partial charge in [0.25, 0.3) is 0 Å². The average Bonchev–Trinajstić information content (AvgIpc) is 1.99. The molecule has 0 fully saturated rings. The Morgan fingerprint density at radius 1 is 1.53 bits per heavy atom. The Hall–Kier alpha value is -1.01. The van der Waals surface area contributed by atoms with E-state index in [9.17, 15) is 4.21 Å². The Bertz CT molecular complexity index is 363. The van der Waals surface area contributed by atoms with Crippen LogP contribution < -0.4 is 5.32 Å². The minimum atomic E-state index is -1.90. The molecule has 1 aromatic rings. The quantitative estimate of drug-likeness (QED) is 0.766. The van der Waals surface area contributed by atoms with E-state index < -0.39 is 11.1 Å². The summed E-state index contributed by atoms with van der Waals surface area (Å²) in [6, 6.07) is 1.73. The van der Waals surface area contributed by atoms with Crippen molar-refractivity contribution < 1.29 is 8.76 Å². The lowest BCUT2D eigenvalue weighted by molar-refractivity contribution is 0.562. The van der Waals surface area contributed by atoms with E-state index in [4.69, 9.17) is 4.55 Å². The van der Waals surface area contributed by atoms with E-state index in [2.05, 4.69) is 15.3 Å². The van der Waals surface area contributed by atoms with Crippen molar-refractivity contribution in [3.63, 3.8) is 0 Å². The fourth-order valence-electron chi connectivity index (χ4n) is 1.03. The van der Waals surface area contributed by atoms with Crippen LogP contribution in [-0.2, 0) is 16.8 Å². The largest absolute Gasteiger partial charge is 0.365 e. The maximum atomic E-state index is 10.6. The lowest BCUT2D eigenvalue weighted by atomic mass is 10.1. The van der Waals surface area contributed by atoms with Crippen molar-refractivity contribution in [1.82, 2.24) is 9.97 Å². The normalized spacial score (nSPS) is 13.6. The van der Waals surface area contributed by atoms with E-state index in [1.807, 2.05) is 20.8 Å². The second-order valence-corrected chi connectivity index (χ2v) is 5.13. The molecule has 0 spiro atoms. The van der Waals surface area contributed by atoms with Gasteiger partial charge in [-0.3, -0.25) is 0 Å². The van der Waals surface area contributed by atoms with Crippen molar-refractivity contribution in [3.8, 4) is 0 Å². The number of rotatable bonds is 3. The first-order chi connectivity index (χ1) is 6.87. The van der Waals surface area contributed by atoms with Crippen LogP contribution in [0.25, 0.3) is 0 Å². The summed E-state index contributed by atoms with van der Waals surface area (Å²) in [4.78, 5) is 8.03. The lowest BCUT2D eigenvalue weighted by Crippen LogP contribution is -2.26. The SMILES string of the molecule is CC(C)(C)Nc1ccnc(CS(=O)O)n1. The van der Waals surface area contributed by atoms with E-state index in [0.29, 0.717) is 11.6 Å². The zero-order valence-corrected chi connectivity index (χ0v) is 9.84. The maximum Gasteiger partial charge on any atom is 0.160 e. The molecule has 1 atom stereocenters. The smallest absolute Gasteiger partial charge is 0.160 e. The number of nitrogens with zero attached hydrogens (tertiary/aromatic N) is 2. The van der Waals surface area contributed by atoms with Gasteiger partial charge in [-0.15, -0.1) is 0 Å². The molecule has 1 unspecified atom stereocenters. The van der Waals surface area contributed by atoms with Crippen LogP contribution in [0.4, 0.5) is 5.82 Å². The number of anilines is 1. The van der Waals surface area contributed by atoms with Crippen molar-refractivity contribution in [2.24, 2.45) is 0 Å². The van der Waals surface area contributed by atoms with Gasteiger partial charge in [-0.2, -0.15) is 0 Å². The number of hydrogen-bond acceptors (Lipinski definition) is 4. The van der Waals surface area contributed by atoms with Gasteiger partial charge in [0.1, 0.15) is 17.4 Å². The van der Waals surface area contributed by atoms with Gasteiger partial charge in [0.05, 0.1) is 0 Å². The monoisotopic (exact) mass is 229 g/mol. The van der Waals surface area contributed by atoms with Gasteiger partial charge in [-0.1, -0.05) is 0 Å². The summed E-state index contributed by atoms with van der Waals surface area (Å²) < 4.78 is 19.3. The molecule has 84 valence electrons. The number of aromatic nitrogens is 2. The predicted octanol–water partition coefficient (Wildman–Crippen LogP) is 1.41. The molecule has 0 radical (unpaired) electrons. The standard InChI is InChI=1S/C9H15N3O2S/c1-9(2,3)12-7-4-5-10-8(11-7)6-15(13)14/h4-5H,6H2,1-3H3,(H,13,14)(H,10,11,12). The first-order valence-electron chi connectivity index (χ1n) is 4.54. The van der Waals surface area contributed by atoms with Crippen molar-refractivity contribution in [2.45, 2.75) is 32.1 Å². The Balaban J connectivity index is 2.79. The molecule has 0 bridgehead atoms. The molecule has 0 aliphatic carbocycles. The fourth-order valence-corrected chi connectivity index (χ4v) is 1.39. The highest BCUT2D eigenvalue weighted by atomic mass is 32.2. The van der Waals surface area contributed by atoms with Gasteiger partial charge >= 0.3 is 0 Å². The van der Waals surface area contributed by atoms with E-state index in [-0.39, 0.29) is 11.3 Å². The van der Waals surface area contributed by atoms with Crippen molar-refractivity contribution >= 4 is 16.9 Å². The highest BCUT2D eigenvalue weighted by Gasteiger charge is 2.10. The molecule has 0 saturated carbocycles.